The Morgan fingerprint density at radius 1 is 1.30 bits per heavy atom. The van der Waals surface area contributed by atoms with Crippen LogP contribution in [0.3, 0.4) is 0 Å². The first-order valence-electron chi connectivity index (χ1n) is 7.77. The van der Waals surface area contributed by atoms with Gasteiger partial charge in [0.05, 0.1) is 0 Å². The van der Waals surface area contributed by atoms with Crippen LogP contribution in [0.1, 0.15) is 58.3 Å². The summed E-state index contributed by atoms with van der Waals surface area (Å²) < 4.78 is 0. The molecular formula is C15H28N2O3. The molecule has 5 nitrogen and oxygen atoms in total. The maximum atomic E-state index is 12.0. The van der Waals surface area contributed by atoms with Gasteiger partial charge in [0, 0.05) is 26.1 Å². The fourth-order valence-electron chi connectivity index (χ4n) is 2.85. The highest BCUT2D eigenvalue weighted by Crippen LogP contribution is 2.22. The second kappa shape index (κ2) is 8.82. The average Bonchev–Trinajstić information content (AvgIpc) is 2.95. The lowest BCUT2D eigenvalue weighted by Crippen LogP contribution is -2.43. The van der Waals surface area contributed by atoms with E-state index in [1.165, 1.54) is 12.8 Å². The molecule has 1 rings (SSSR count). The maximum absolute atomic E-state index is 12.0. The normalized spacial score (nSPS) is 16.9. The predicted molar refractivity (Wildman–Crippen MR) is 78.7 cm³/mol. The van der Waals surface area contributed by atoms with Crippen molar-refractivity contribution in [2.24, 2.45) is 5.92 Å². The van der Waals surface area contributed by atoms with Gasteiger partial charge in [-0.05, 0) is 31.6 Å². The molecule has 0 spiro atoms. The number of aliphatic carboxylic acids is 1. The molecule has 2 N–H and O–H groups in total. The summed E-state index contributed by atoms with van der Waals surface area (Å²) in [6, 6.07) is 0.397. The van der Waals surface area contributed by atoms with Crippen molar-refractivity contribution in [3.8, 4) is 0 Å². The number of carboxylic acids is 1. The molecule has 0 aromatic heterocycles. The number of carbonyl (C=O) groups is 2. The zero-order valence-electron chi connectivity index (χ0n) is 12.7. The molecule has 0 aliphatic heterocycles. The molecule has 0 radical (unpaired) electrons. The van der Waals surface area contributed by atoms with Crippen molar-refractivity contribution in [1.82, 2.24) is 10.2 Å². The van der Waals surface area contributed by atoms with E-state index in [4.69, 9.17) is 5.11 Å². The summed E-state index contributed by atoms with van der Waals surface area (Å²) in [6.07, 6.45) is 7.38. The summed E-state index contributed by atoms with van der Waals surface area (Å²) >= 11 is 0. The lowest BCUT2D eigenvalue weighted by atomic mass is 9.97. The van der Waals surface area contributed by atoms with Gasteiger partial charge in [-0.3, -0.25) is 4.79 Å². The Morgan fingerprint density at radius 2 is 1.95 bits per heavy atom. The van der Waals surface area contributed by atoms with Crippen molar-refractivity contribution in [2.75, 3.05) is 13.6 Å². The van der Waals surface area contributed by atoms with Crippen molar-refractivity contribution in [1.29, 1.82) is 0 Å². The van der Waals surface area contributed by atoms with E-state index in [-0.39, 0.29) is 12.5 Å². The number of urea groups is 1. The number of hydrogen-bond acceptors (Lipinski definition) is 2. The maximum Gasteiger partial charge on any atom is 0.317 e. The van der Waals surface area contributed by atoms with Crippen LogP contribution >= 0.6 is 0 Å². The fourth-order valence-corrected chi connectivity index (χ4v) is 2.85. The fraction of sp³-hybridized carbons (Fsp3) is 0.867. The molecule has 1 unspecified atom stereocenters. The van der Waals surface area contributed by atoms with Crippen LogP contribution < -0.4 is 5.32 Å². The molecule has 0 aromatic carbocycles. The van der Waals surface area contributed by atoms with Crippen molar-refractivity contribution < 1.29 is 14.7 Å². The number of rotatable bonds is 8. The van der Waals surface area contributed by atoms with Crippen molar-refractivity contribution in [2.45, 2.75) is 64.3 Å². The molecule has 0 saturated heterocycles. The Bertz CT molecular complexity index is 314. The number of amides is 2. The third-order valence-corrected chi connectivity index (χ3v) is 4.37. The van der Waals surface area contributed by atoms with E-state index in [1.54, 1.807) is 0 Å². The van der Waals surface area contributed by atoms with Crippen molar-refractivity contribution in [3.05, 3.63) is 0 Å². The van der Waals surface area contributed by atoms with E-state index in [0.29, 0.717) is 24.9 Å². The lowest BCUT2D eigenvalue weighted by molar-refractivity contribution is -0.137. The Hall–Kier alpha value is -1.26. The van der Waals surface area contributed by atoms with Gasteiger partial charge >= 0.3 is 12.0 Å². The van der Waals surface area contributed by atoms with E-state index in [0.717, 1.165) is 25.7 Å². The monoisotopic (exact) mass is 284 g/mol. The van der Waals surface area contributed by atoms with Crippen LogP contribution in [0.5, 0.6) is 0 Å². The van der Waals surface area contributed by atoms with Gasteiger partial charge < -0.3 is 15.3 Å². The highest BCUT2D eigenvalue weighted by molar-refractivity contribution is 5.74. The minimum atomic E-state index is -0.742. The van der Waals surface area contributed by atoms with Crippen LogP contribution in [-0.4, -0.2) is 41.6 Å². The molecule has 1 saturated carbocycles. The topological polar surface area (TPSA) is 69.6 Å². The zero-order valence-corrected chi connectivity index (χ0v) is 12.7. The summed E-state index contributed by atoms with van der Waals surface area (Å²) in [4.78, 5) is 24.4. The third kappa shape index (κ3) is 5.80. The number of carbonyl (C=O) groups excluding carboxylic acids is 1. The molecule has 1 atom stereocenters. The second-order valence-corrected chi connectivity index (χ2v) is 5.78. The smallest absolute Gasteiger partial charge is 0.317 e. The van der Waals surface area contributed by atoms with Gasteiger partial charge in [0.15, 0.2) is 0 Å². The molecule has 20 heavy (non-hydrogen) atoms. The van der Waals surface area contributed by atoms with Gasteiger partial charge in [-0.25, -0.2) is 4.79 Å². The minimum absolute atomic E-state index is 0.00462. The summed E-state index contributed by atoms with van der Waals surface area (Å²) in [5.41, 5.74) is 0. The SMILES string of the molecule is CCC(CCNC(=O)N(C)C1CCCC1)CCC(=O)O. The number of carboxylic acid groups (broad SMARTS) is 1. The Balaban J connectivity index is 2.20. The quantitative estimate of drug-likeness (QED) is 0.720. The van der Waals surface area contributed by atoms with Crippen LogP contribution in [0.2, 0.25) is 0 Å². The van der Waals surface area contributed by atoms with Gasteiger partial charge in [0.1, 0.15) is 0 Å². The Morgan fingerprint density at radius 3 is 2.50 bits per heavy atom. The molecule has 1 fully saturated rings. The van der Waals surface area contributed by atoms with Crippen LogP contribution in [-0.2, 0) is 4.79 Å². The molecule has 2 amide bonds. The summed E-state index contributed by atoms with van der Waals surface area (Å²) in [7, 11) is 1.87. The third-order valence-electron chi connectivity index (χ3n) is 4.37. The van der Waals surface area contributed by atoms with E-state index >= 15 is 0 Å². The summed E-state index contributed by atoms with van der Waals surface area (Å²) in [5.74, 6) is -0.364. The van der Waals surface area contributed by atoms with Crippen molar-refractivity contribution >= 4 is 12.0 Å². The predicted octanol–water partition coefficient (Wildman–Crippen LogP) is 2.85. The van der Waals surface area contributed by atoms with Crippen molar-refractivity contribution in [3.63, 3.8) is 0 Å². The lowest BCUT2D eigenvalue weighted by Gasteiger charge is -2.25. The first-order chi connectivity index (χ1) is 9.54. The Labute approximate surface area is 121 Å². The highest BCUT2D eigenvalue weighted by Gasteiger charge is 2.23. The molecule has 0 heterocycles. The molecule has 1 aliphatic carbocycles. The zero-order chi connectivity index (χ0) is 15.0. The van der Waals surface area contributed by atoms with E-state index < -0.39 is 5.97 Å². The van der Waals surface area contributed by atoms with E-state index in [9.17, 15) is 9.59 Å². The standard InChI is InChI=1S/C15H28N2O3/c1-3-12(8-9-14(18)19)10-11-16-15(20)17(2)13-6-4-5-7-13/h12-13H,3-11H2,1-2H3,(H,16,20)(H,18,19). The van der Waals surface area contributed by atoms with Crippen LogP contribution in [0.25, 0.3) is 0 Å². The van der Waals surface area contributed by atoms with Crippen LogP contribution in [0.4, 0.5) is 4.79 Å². The van der Waals surface area contributed by atoms with Gasteiger partial charge in [0.25, 0.3) is 0 Å². The average molecular weight is 284 g/mol. The van der Waals surface area contributed by atoms with Crippen LogP contribution in [0.15, 0.2) is 0 Å². The molecule has 0 bridgehead atoms. The molecular weight excluding hydrogens is 256 g/mol. The molecule has 5 heteroatoms. The van der Waals surface area contributed by atoms with Gasteiger partial charge in [-0.15, -0.1) is 0 Å². The highest BCUT2D eigenvalue weighted by atomic mass is 16.4. The summed E-state index contributed by atoms with van der Waals surface area (Å²) in [6.45, 7) is 2.70. The van der Waals surface area contributed by atoms with Gasteiger partial charge in [-0.1, -0.05) is 26.2 Å². The number of nitrogens with one attached hydrogen (secondary N) is 1. The molecule has 1 aliphatic rings. The molecule has 116 valence electrons. The van der Waals surface area contributed by atoms with Gasteiger partial charge in [0.2, 0.25) is 0 Å². The minimum Gasteiger partial charge on any atom is -0.481 e. The Kier molecular flexibility index (Phi) is 7.41. The van der Waals surface area contributed by atoms with E-state index in [2.05, 4.69) is 12.2 Å². The molecule has 0 aromatic rings. The largest absolute Gasteiger partial charge is 0.481 e. The summed E-state index contributed by atoms with van der Waals surface area (Å²) in [5, 5.41) is 11.6. The first-order valence-corrected chi connectivity index (χ1v) is 7.77. The van der Waals surface area contributed by atoms with E-state index in [1.807, 2.05) is 11.9 Å². The van der Waals surface area contributed by atoms with Crippen LogP contribution in [0, 0.1) is 5.92 Å². The number of hydrogen-bond donors (Lipinski definition) is 2. The second-order valence-electron chi connectivity index (χ2n) is 5.78. The number of nitrogens with zero attached hydrogens (tertiary/aromatic N) is 1. The first kappa shape index (κ1) is 16.8. The van der Waals surface area contributed by atoms with Gasteiger partial charge in [-0.2, -0.15) is 0 Å².